The minimum absolute atomic E-state index is 0.275. The Hall–Kier alpha value is -1.61. The fourth-order valence-electron chi connectivity index (χ4n) is 3.24. The molecule has 2 aliphatic heterocycles. The molecular formula is C20H22O6S. The normalized spacial score (nSPS) is 33.3. The first-order valence-electron chi connectivity index (χ1n) is 8.80. The molecule has 2 saturated heterocycles. The molecule has 0 saturated carbocycles. The second kappa shape index (κ2) is 8.18. The molecule has 0 bridgehead atoms. The fourth-order valence-corrected chi connectivity index (χ4v) is 4.32. The quantitative estimate of drug-likeness (QED) is 0.830. The van der Waals surface area contributed by atoms with E-state index in [4.69, 9.17) is 18.9 Å². The van der Waals surface area contributed by atoms with Crippen molar-refractivity contribution in [3.8, 4) is 5.75 Å². The monoisotopic (exact) mass is 390 g/mol. The predicted octanol–water partition coefficient (Wildman–Crippen LogP) is 2.35. The smallest absolute Gasteiger partial charge is 0.184 e. The standard InChI is InChI=1S/C20H22O6S/c1-23-13-9-7-12(8-10-13)19-24-11-15-18(26-19)16(21)17(22)20(25-15)27-14-5-3-2-4-6-14/h2-10,15-22H,11H2,1H3/t15-,16-,17+,18-,19?,20-/m1/s1. The Morgan fingerprint density at radius 2 is 1.70 bits per heavy atom. The van der Waals surface area contributed by atoms with Crippen LogP contribution < -0.4 is 4.74 Å². The van der Waals surface area contributed by atoms with Gasteiger partial charge in [0.1, 0.15) is 35.6 Å². The second-order valence-electron chi connectivity index (χ2n) is 6.49. The SMILES string of the molecule is COc1ccc(C2OC[C@H]3O[C@H](Sc4ccccc4)[C@@H](O)[C@@H](O)[C@@H]3O2)cc1. The summed E-state index contributed by atoms with van der Waals surface area (Å²) in [7, 11) is 1.61. The number of benzene rings is 2. The predicted molar refractivity (Wildman–Crippen MR) is 99.5 cm³/mol. The minimum atomic E-state index is -1.06. The fraction of sp³-hybridized carbons (Fsp3) is 0.400. The maximum atomic E-state index is 10.6. The molecule has 2 aromatic rings. The Bertz CT molecular complexity index is 738. The lowest BCUT2D eigenvalue weighted by Crippen LogP contribution is -2.60. The Morgan fingerprint density at radius 1 is 0.963 bits per heavy atom. The van der Waals surface area contributed by atoms with Gasteiger partial charge < -0.3 is 29.2 Å². The van der Waals surface area contributed by atoms with Crippen LogP contribution in [0.4, 0.5) is 0 Å². The molecule has 144 valence electrons. The van der Waals surface area contributed by atoms with Gasteiger partial charge in [0.2, 0.25) is 0 Å². The molecule has 4 rings (SSSR count). The molecule has 0 aliphatic carbocycles. The van der Waals surface area contributed by atoms with E-state index in [0.717, 1.165) is 16.2 Å². The van der Waals surface area contributed by atoms with Crippen LogP contribution in [0.1, 0.15) is 11.9 Å². The Kier molecular flexibility index (Phi) is 5.68. The summed E-state index contributed by atoms with van der Waals surface area (Å²) < 4.78 is 22.9. The highest BCUT2D eigenvalue weighted by Crippen LogP contribution is 2.38. The van der Waals surface area contributed by atoms with Crippen molar-refractivity contribution in [3.05, 3.63) is 60.2 Å². The third kappa shape index (κ3) is 3.99. The molecule has 0 spiro atoms. The summed E-state index contributed by atoms with van der Waals surface area (Å²) in [5.74, 6) is 0.740. The molecular weight excluding hydrogens is 368 g/mol. The van der Waals surface area contributed by atoms with Crippen molar-refractivity contribution in [3.63, 3.8) is 0 Å². The average molecular weight is 390 g/mol. The zero-order valence-corrected chi connectivity index (χ0v) is 15.6. The third-order valence-electron chi connectivity index (χ3n) is 4.72. The van der Waals surface area contributed by atoms with E-state index < -0.39 is 36.1 Å². The third-order valence-corrected chi connectivity index (χ3v) is 5.88. The average Bonchev–Trinajstić information content (AvgIpc) is 2.72. The zero-order chi connectivity index (χ0) is 18.8. The van der Waals surface area contributed by atoms with E-state index in [9.17, 15) is 10.2 Å². The topological polar surface area (TPSA) is 77.4 Å². The summed E-state index contributed by atoms with van der Waals surface area (Å²) in [6.45, 7) is 0.275. The maximum Gasteiger partial charge on any atom is 0.184 e. The van der Waals surface area contributed by atoms with Crippen molar-refractivity contribution in [1.82, 2.24) is 0 Å². The van der Waals surface area contributed by atoms with Crippen molar-refractivity contribution in [1.29, 1.82) is 0 Å². The molecule has 2 aromatic carbocycles. The van der Waals surface area contributed by atoms with Crippen LogP contribution in [-0.2, 0) is 14.2 Å². The molecule has 6 nitrogen and oxygen atoms in total. The van der Waals surface area contributed by atoms with Gasteiger partial charge in [-0.3, -0.25) is 0 Å². The molecule has 27 heavy (non-hydrogen) atoms. The van der Waals surface area contributed by atoms with E-state index in [-0.39, 0.29) is 6.61 Å². The van der Waals surface area contributed by atoms with E-state index in [1.165, 1.54) is 11.8 Å². The van der Waals surface area contributed by atoms with Crippen molar-refractivity contribution in [2.45, 2.75) is 41.0 Å². The van der Waals surface area contributed by atoms with Crippen molar-refractivity contribution in [2.24, 2.45) is 0 Å². The summed E-state index contributed by atoms with van der Waals surface area (Å²) in [5.41, 5.74) is 0.227. The second-order valence-corrected chi connectivity index (χ2v) is 7.67. The van der Waals surface area contributed by atoms with Gasteiger partial charge >= 0.3 is 0 Å². The first-order chi connectivity index (χ1) is 13.2. The van der Waals surface area contributed by atoms with Crippen LogP contribution in [0.3, 0.4) is 0 Å². The van der Waals surface area contributed by atoms with E-state index in [1.54, 1.807) is 7.11 Å². The van der Waals surface area contributed by atoms with Crippen LogP contribution in [0.5, 0.6) is 5.75 Å². The van der Waals surface area contributed by atoms with Crippen molar-refractivity contribution < 1.29 is 29.2 Å². The van der Waals surface area contributed by atoms with Gasteiger partial charge in [0.25, 0.3) is 0 Å². The first kappa shape index (κ1) is 18.7. The number of ether oxygens (including phenoxy) is 4. The number of aliphatic hydroxyl groups is 2. The maximum absolute atomic E-state index is 10.6. The number of thioether (sulfide) groups is 1. The van der Waals surface area contributed by atoms with E-state index in [1.807, 2.05) is 54.6 Å². The van der Waals surface area contributed by atoms with Gasteiger partial charge in [-0.25, -0.2) is 0 Å². The number of hydrogen-bond donors (Lipinski definition) is 2. The van der Waals surface area contributed by atoms with Crippen LogP contribution in [0, 0.1) is 0 Å². The van der Waals surface area contributed by atoms with Gasteiger partial charge in [0.15, 0.2) is 6.29 Å². The summed E-state index contributed by atoms with van der Waals surface area (Å²) in [6.07, 6.45) is -3.85. The van der Waals surface area contributed by atoms with Crippen molar-refractivity contribution in [2.75, 3.05) is 13.7 Å². The van der Waals surface area contributed by atoms with E-state index in [0.29, 0.717) is 0 Å². The van der Waals surface area contributed by atoms with Gasteiger partial charge in [0.05, 0.1) is 13.7 Å². The zero-order valence-electron chi connectivity index (χ0n) is 14.8. The molecule has 0 radical (unpaired) electrons. The number of aliphatic hydroxyl groups excluding tert-OH is 2. The first-order valence-corrected chi connectivity index (χ1v) is 9.68. The number of hydrogen-bond acceptors (Lipinski definition) is 7. The van der Waals surface area contributed by atoms with Crippen LogP contribution in [0.2, 0.25) is 0 Å². The van der Waals surface area contributed by atoms with Crippen molar-refractivity contribution >= 4 is 11.8 Å². The largest absolute Gasteiger partial charge is 0.497 e. The number of rotatable bonds is 4. The summed E-state index contributed by atoms with van der Waals surface area (Å²) in [6, 6.07) is 17.0. The van der Waals surface area contributed by atoms with E-state index >= 15 is 0 Å². The molecule has 1 unspecified atom stereocenters. The highest BCUT2D eigenvalue weighted by atomic mass is 32.2. The molecule has 0 amide bonds. The van der Waals surface area contributed by atoms with Gasteiger partial charge in [-0.05, 0) is 24.3 Å². The summed E-state index contributed by atoms with van der Waals surface area (Å²) in [4.78, 5) is 0.959. The molecule has 2 N–H and O–H groups in total. The molecule has 2 aliphatic rings. The lowest BCUT2D eigenvalue weighted by molar-refractivity contribution is -0.318. The van der Waals surface area contributed by atoms with Crippen LogP contribution in [0.15, 0.2) is 59.5 Å². The summed E-state index contributed by atoms with van der Waals surface area (Å²) >= 11 is 1.38. The van der Waals surface area contributed by atoms with Crippen LogP contribution in [-0.4, -0.2) is 53.8 Å². The van der Waals surface area contributed by atoms with Crippen LogP contribution in [0.25, 0.3) is 0 Å². The minimum Gasteiger partial charge on any atom is -0.497 e. The molecule has 0 aromatic heterocycles. The highest BCUT2D eigenvalue weighted by Gasteiger charge is 2.49. The summed E-state index contributed by atoms with van der Waals surface area (Å²) in [5, 5.41) is 21.2. The van der Waals surface area contributed by atoms with Gasteiger partial charge in [-0.15, -0.1) is 0 Å². The lowest BCUT2D eigenvalue weighted by Gasteiger charge is -2.46. The molecule has 6 atom stereocenters. The number of fused-ring (bicyclic) bond motifs is 1. The highest BCUT2D eigenvalue weighted by molar-refractivity contribution is 7.99. The van der Waals surface area contributed by atoms with Gasteiger partial charge in [0, 0.05) is 10.5 Å². The number of methoxy groups -OCH3 is 1. The Morgan fingerprint density at radius 3 is 2.41 bits per heavy atom. The van der Waals surface area contributed by atoms with Gasteiger partial charge in [-0.1, -0.05) is 42.1 Å². The Balaban J connectivity index is 1.44. The van der Waals surface area contributed by atoms with Gasteiger partial charge in [-0.2, -0.15) is 0 Å². The molecule has 7 heteroatoms. The molecule has 2 heterocycles. The lowest BCUT2D eigenvalue weighted by atomic mass is 9.99. The van der Waals surface area contributed by atoms with E-state index in [2.05, 4.69) is 0 Å². The van der Waals surface area contributed by atoms with Crippen LogP contribution >= 0.6 is 11.8 Å². The Labute approximate surface area is 162 Å². The molecule has 2 fully saturated rings.